The maximum absolute atomic E-state index is 13.6. The van der Waals surface area contributed by atoms with Crippen molar-refractivity contribution < 1.29 is 8.78 Å². The predicted octanol–water partition coefficient (Wildman–Crippen LogP) is 5.18. The number of nitrogens with zero attached hydrogens (tertiary/aromatic N) is 5. The van der Waals surface area contributed by atoms with Crippen molar-refractivity contribution in [2.24, 2.45) is 7.05 Å². The van der Waals surface area contributed by atoms with Gasteiger partial charge in [-0.05, 0) is 30.0 Å². The molecule has 0 aliphatic rings. The second-order valence-electron chi connectivity index (χ2n) is 6.24. The molecular formula is C18H16ClF2N5S. The average molecular weight is 408 g/mol. The number of fused-ring (bicyclic) bond motifs is 2. The number of imidazole rings is 1. The highest BCUT2D eigenvalue weighted by molar-refractivity contribution is 7.99. The van der Waals surface area contributed by atoms with E-state index in [9.17, 15) is 8.78 Å². The topological polar surface area (TPSA) is 48.5 Å². The largest absolute Gasteiger partial charge is 0.296 e. The van der Waals surface area contributed by atoms with Gasteiger partial charge in [-0.15, -0.1) is 11.8 Å². The first-order valence-corrected chi connectivity index (χ1v) is 9.68. The van der Waals surface area contributed by atoms with E-state index in [4.69, 9.17) is 11.6 Å². The van der Waals surface area contributed by atoms with Crippen molar-refractivity contribution in [3.8, 4) is 5.95 Å². The molecule has 1 aromatic carbocycles. The molecule has 0 saturated carbocycles. The molecule has 0 spiro atoms. The number of aromatic nitrogens is 5. The summed E-state index contributed by atoms with van der Waals surface area (Å²) in [4.78, 5) is 8.73. The Labute approximate surface area is 163 Å². The monoisotopic (exact) mass is 407 g/mol. The number of rotatable bonds is 4. The van der Waals surface area contributed by atoms with Gasteiger partial charge in [-0.1, -0.05) is 18.5 Å². The Morgan fingerprint density at radius 1 is 1.22 bits per heavy atom. The van der Waals surface area contributed by atoms with E-state index in [-0.39, 0.29) is 5.56 Å². The van der Waals surface area contributed by atoms with Crippen LogP contribution in [-0.4, -0.2) is 30.1 Å². The first kappa shape index (κ1) is 18.2. The van der Waals surface area contributed by atoms with Gasteiger partial charge in [0.15, 0.2) is 5.65 Å². The third-order valence-corrected chi connectivity index (χ3v) is 5.44. The maximum Gasteiger partial charge on any atom is 0.272 e. The fourth-order valence-corrected chi connectivity index (χ4v) is 3.95. The lowest BCUT2D eigenvalue weighted by molar-refractivity contribution is 0.0172. The van der Waals surface area contributed by atoms with Crippen LogP contribution in [-0.2, 0) is 13.0 Å². The zero-order valence-corrected chi connectivity index (χ0v) is 16.4. The Kier molecular flexibility index (Phi) is 4.35. The minimum Gasteiger partial charge on any atom is -0.296 e. The van der Waals surface area contributed by atoms with Gasteiger partial charge in [-0.25, -0.2) is 18.7 Å². The normalized spacial score (nSPS) is 12.4. The highest BCUT2D eigenvalue weighted by Crippen LogP contribution is 2.33. The highest BCUT2D eigenvalue weighted by Gasteiger charge is 2.26. The number of aryl methyl sites for hydroxylation is 1. The van der Waals surface area contributed by atoms with Gasteiger partial charge in [0, 0.05) is 36.1 Å². The third kappa shape index (κ3) is 3.06. The minimum atomic E-state index is -2.97. The van der Waals surface area contributed by atoms with Gasteiger partial charge < -0.3 is 0 Å². The number of hydrogen-bond acceptors (Lipinski definition) is 4. The molecule has 0 aliphatic heterocycles. The Morgan fingerprint density at radius 3 is 2.70 bits per heavy atom. The molecule has 5 nitrogen and oxygen atoms in total. The molecule has 0 N–H and O–H groups in total. The molecule has 0 radical (unpaired) electrons. The van der Waals surface area contributed by atoms with Crippen LogP contribution in [0, 0.1) is 0 Å². The Morgan fingerprint density at radius 2 is 2.00 bits per heavy atom. The minimum absolute atomic E-state index is 0.166. The van der Waals surface area contributed by atoms with E-state index in [0.717, 1.165) is 28.6 Å². The van der Waals surface area contributed by atoms with Gasteiger partial charge in [0.25, 0.3) is 5.92 Å². The van der Waals surface area contributed by atoms with Gasteiger partial charge in [0.1, 0.15) is 10.5 Å². The molecule has 0 aliphatic carbocycles. The molecular weight excluding hydrogens is 392 g/mol. The van der Waals surface area contributed by atoms with Crippen LogP contribution in [0.1, 0.15) is 19.4 Å². The van der Waals surface area contributed by atoms with E-state index in [0.29, 0.717) is 22.1 Å². The molecule has 0 amide bonds. The van der Waals surface area contributed by atoms with Crippen LogP contribution >= 0.6 is 23.4 Å². The molecule has 0 fully saturated rings. The first-order chi connectivity index (χ1) is 12.8. The van der Waals surface area contributed by atoms with Gasteiger partial charge in [0.2, 0.25) is 5.95 Å². The smallest absolute Gasteiger partial charge is 0.272 e. The number of thioether (sulfide) groups is 1. The SMILES string of the molecule is CCSc1c2ccc(Cl)cc2nn1-c1nc2cc(C(C)(F)F)cnc2n1C. The summed E-state index contributed by atoms with van der Waals surface area (Å²) in [6.07, 6.45) is 1.19. The molecule has 140 valence electrons. The van der Waals surface area contributed by atoms with E-state index >= 15 is 0 Å². The zero-order valence-electron chi connectivity index (χ0n) is 14.9. The number of benzene rings is 1. The quantitative estimate of drug-likeness (QED) is 0.437. The van der Waals surface area contributed by atoms with Crippen LogP contribution in [0.3, 0.4) is 0 Å². The molecule has 0 unspecified atom stereocenters. The Bertz CT molecular complexity index is 1160. The molecule has 9 heteroatoms. The number of hydrogen-bond donors (Lipinski definition) is 0. The second-order valence-corrected chi connectivity index (χ2v) is 7.93. The van der Waals surface area contributed by atoms with E-state index in [1.165, 1.54) is 12.3 Å². The van der Waals surface area contributed by atoms with Crippen LogP contribution < -0.4 is 0 Å². The van der Waals surface area contributed by atoms with Crippen LogP contribution in [0.4, 0.5) is 8.78 Å². The van der Waals surface area contributed by atoms with Crippen LogP contribution in [0.25, 0.3) is 28.0 Å². The van der Waals surface area contributed by atoms with Gasteiger partial charge in [-0.2, -0.15) is 9.78 Å². The summed E-state index contributed by atoms with van der Waals surface area (Å²) in [6, 6.07) is 6.92. The summed E-state index contributed by atoms with van der Waals surface area (Å²) in [5, 5.41) is 7.13. The van der Waals surface area contributed by atoms with Crippen molar-refractivity contribution in [1.29, 1.82) is 0 Å². The number of pyridine rings is 1. The van der Waals surface area contributed by atoms with Crippen molar-refractivity contribution in [2.75, 3.05) is 5.75 Å². The van der Waals surface area contributed by atoms with Crippen molar-refractivity contribution in [3.05, 3.63) is 41.0 Å². The summed E-state index contributed by atoms with van der Waals surface area (Å²) < 4.78 is 30.8. The molecule has 3 aromatic heterocycles. The van der Waals surface area contributed by atoms with E-state index in [1.54, 1.807) is 34.1 Å². The lowest BCUT2D eigenvalue weighted by atomic mass is 10.2. The van der Waals surface area contributed by atoms with E-state index in [1.807, 2.05) is 12.1 Å². The predicted molar refractivity (Wildman–Crippen MR) is 104 cm³/mol. The fourth-order valence-electron chi connectivity index (χ4n) is 2.94. The van der Waals surface area contributed by atoms with Crippen molar-refractivity contribution >= 4 is 45.4 Å². The molecule has 3 heterocycles. The molecule has 4 aromatic rings. The number of halogens is 3. The van der Waals surface area contributed by atoms with Crippen molar-refractivity contribution in [2.45, 2.75) is 24.8 Å². The molecule has 0 bridgehead atoms. The van der Waals surface area contributed by atoms with Crippen molar-refractivity contribution in [3.63, 3.8) is 0 Å². The first-order valence-electron chi connectivity index (χ1n) is 8.32. The number of alkyl halides is 2. The summed E-state index contributed by atoms with van der Waals surface area (Å²) in [5.41, 5.74) is 1.50. The van der Waals surface area contributed by atoms with Crippen molar-refractivity contribution in [1.82, 2.24) is 24.3 Å². The van der Waals surface area contributed by atoms with E-state index in [2.05, 4.69) is 22.0 Å². The maximum atomic E-state index is 13.6. The van der Waals surface area contributed by atoms with Gasteiger partial charge in [-0.3, -0.25) is 4.57 Å². The molecule has 4 rings (SSSR count). The summed E-state index contributed by atoms with van der Waals surface area (Å²) in [6.45, 7) is 2.90. The van der Waals surface area contributed by atoms with Crippen LogP contribution in [0.5, 0.6) is 0 Å². The van der Waals surface area contributed by atoms with E-state index < -0.39 is 5.92 Å². The average Bonchev–Trinajstić information content (AvgIpc) is 3.12. The van der Waals surface area contributed by atoms with Crippen LogP contribution in [0.15, 0.2) is 35.5 Å². The summed E-state index contributed by atoms with van der Waals surface area (Å²) >= 11 is 7.73. The van der Waals surface area contributed by atoms with Gasteiger partial charge in [0.05, 0.1) is 5.52 Å². The molecule has 0 saturated heterocycles. The summed E-state index contributed by atoms with van der Waals surface area (Å²) in [5.74, 6) is -1.62. The second kappa shape index (κ2) is 6.45. The molecule has 0 atom stereocenters. The lowest BCUT2D eigenvalue weighted by Crippen LogP contribution is -2.07. The molecule has 27 heavy (non-hydrogen) atoms. The highest BCUT2D eigenvalue weighted by atomic mass is 35.5. The standard InChI is InChI=1S/C18H16ClF2N5S/c1-4-27-16-12-6-5-11(19)8-13(12)24-26(16)17-23-14-7-10(18(2,20)21)9-22-15(14)25(17)3/h5-9H,4H2,1-3H3. The zero-order chi connectivity index (χ0) is 19.3. The summed E-state index contributed by atoms with van der Waals surface area (Å²) in [7, 11) is 1.79. The Balaban J connectivity index is 1.96. The Hall–Kier alpha value is -2.19. The lowest BCUT2D eigenvalue weighted by Gasteiger charge is -2.09. The van der Waals surface area contributed by atoms with Gasteiger partial charge >= 0.3 is 0 Å². The third-order valence-electron chi connectivity index (χ3n) is 4.25. The fraction of sp³-hybridized carbons (Fsp3) is 0.278. The van der Waals surface area contributed by atoms with Crippen LogP contribution in [0.2, 0.25) is 5.02 Å².